The van der Waals surface area contributed by atoms with E-state index in [-0.39, 0.29) is 30.6 Å². The molecule has 1 aromatic heterocycles. The maximum atomic E-state index is 13.1. The Morgan fingerprint density at radius 1 is 1.02 bits per heavy atom. The van der Waals surface area contributed by atoms with E-state index in [0.29, 0.717) is 55.6 Å². The normalized spacial score (nSPS) is 18.5. The third kappa shape index (κ3) is 9.89. The van der Waals surface area contributed by atoms with Gasteiger partial charge in [-0.05, 0) is 62.6 Å². The summed E-state index contributed by atoms with van der Waals surface area (Å²) in [4.78, 5) is 44.0. The molecule has 2 fully saturated rings. The standard InChI is InChI=1S/C30H40ClN5O5/c31-26-14-13-25(28(35-26)32-17-15-24-11-4-5-19-40-24)29(38)34-20-23-10-7-18-36(23)27(37)12-6-16-33-30(39)41-21-22-8-2-1-3-9-22/h1-3,8-9,13-14,23-24H,4-7,10-12,15-21H2,(H,32,35)(H,33,39)(H,34,38)/t23?,24-/m1/s1. The van der Waals surface area contributed by atoms with Crippen LogP contribution in [0.25, 0.3) is 0 Å². The summed E-state index contributed by atoms with van der Waals surface area (Å²) in [6.07, 6.45) is 6.41. The molecule has 3 heterocycles. The van der Waals surface area contributed by atoms with Gasteiger partial charge >= 0.3 is 6.09 Å². The number of benzene rings is 1. The number of carbonyl (C=O) groups excluding carboxylic acids is 3. The number of pyridine rings is 1. The Morgan fingerprint density at radius 2 is 1.88 bits per heavy atom. The highest BCUT2D eigenvalue weighted by Gasteiger charge is 2.29. The summed E-state index contributed by atoms with van der Waals surface area (Å²) in [7, 11) is 0. The van der Waals surface area contributed by atoms with Gasteiger partial charge in [0.1, 0.15) is 17.6 Å². The molecule has 2 aliphatic rings. The van der Waals surface area contributed by atoms with Gasteiger partial charge in [-0.15, -0.1) is 0 Å². The Hall–Kier alpha value is -3.37. The largest absolute Gasteiger partial charge is 0.445 e. The van der Waals surface area contributed by atoms with Crippen molar-refractivity contribution in [2.75, 3.05) is 38.1 Å². The lowest BCUT2D eigenvalue weighted by Gasteiger charge is -2.25. The molecule has 0 spiro atoms. The number of carbonyl (C=O) groups is 3. The van der Waals surface area contributed by atoms with Crippen LogP contribution >= 0.6 is 11.6 Å². The van der Waals surface area contributed by atoms with E-state index in [0.717, 1.165) is 44.3 Å². The summed E-state index contributed by atoms with van der Waals surface area (Å²) in [5.74, 6) is 0.199. The van der Waals surface area contributed by atoms with Gasteiger partial charge in [0.2, 0.25) is 5.91 Å². The number of aromatic nitrogens is 1. The van der Waals surface area contributed by atoms with Crippen LogP contribution in [0.1, 0.15) is 67.3 Å². The average Bonchev–Trinajstić information content (AvgIpc) is 3.47. The zero-order chi connectivity index (χ0) is 28.9. The molecule has 2 aliphatic heterocycles. The van der Waals surface area contributed by atoms with Crippen LogP contribution in [0.3, 0.4) is 0 Å². The quantitative estimate of drug-likeness (QED) is 0.233. The number of nitrogens with one attached hydrogen (secondary N) is 3. The molecule has 11 heteroatoms. The summed E-state index contributed by atoms with van der Waals surface area (Å²) in [5, 5.41) is 9.23. The van der Waals surface area contributed by atoms with Crippen LogP contribution in [0.2, 0.25) is 5.15 Å². The van der Waals surface area contributed by atoms with Gasteiger partial charge in [-0.2, -0.15) is 0 Å². The van der Waals surface area contributed by atoms with Crippen LogP contribution in [-0.4, -0.2) is 72.7 Å². The number of rotatable bonds is 13. The van der Waals surface area contributed by atoms with Crippen molar-refractivity contribution < 1.29 is 23.9 Å². The van der Waals surface area contributed by atoms with E-state index < -0.39 is 6.09 Å². The van der Waals surface area contributed by atoms with Crippen molar-refractivity contribution in [3.05, 3.63) is 58.7 Å². The number of nitrogens with zero attached hydrogens (tertiary/aromatic N) is 2. The fourth-order valence-electron chi connectivity index (χ4n) is 5.17. The molecule has 10 nitrogen and oxygen atoms in total. The van der Waals surface area contributed by atoms with Crippen molar-refractivity contribution in [1.82, 2.24) is 20.5 Å². The molecule has 2 atom stereocenters. The van der Waals surface area contributed by atoms with Gasteiger partial charge in [-0.3, -0.25) is 9.59 Å². The van der Waals surface area contributed by atoms with Crippen molar-refractivity contribution in [2.24, 2.45) is 0 Å². The Bertz CT molecular complexity index is 1150. The van der Waals surface area contributed by atoms with E-state index >= 15 is 0 Å². The minimum Gasteiger partial charge on any atom is -0.445 e. The molecule has 222 valence electrons. The Morgan fingerprint density at radius 3 is 2.68 bits per heavy atom. The zero-order valence-electron chi connectivity index (χ0n) is 23.4. The number of alkyl carbamates (subject to hydrolysis) is 1. The molecule has 1 aromatic carbocycles. The fourth-order valence-corrected chi connectivity index (χ4v) is 5.32. The Balaban J connectivity index is 1.17. The molecule has 0 saturated carbocycles. The van der Waals surface area contributed by atoms with E-state index in [1.54, 1.807) is 12.1 Å². The lowest BCUT2D eigenvalue weighted by molar-refractivity contribution is -0.132. The second-order valence-electron chi connectivity index (χ2n) is 10.4. The van der Waals surface area contributed by atoms with E-state index in [4.69, 9.17) is 21.1 Å². The number of hydrogen-bond donors (Lipinski definition) is 3. The van der Waals surface area contributed by atoms with Gasteiger partial charge in [-0.1, -0.05) is 41.9 Å². The maximum Gasteiger partial charge on any atom is 0.407 e. The highest BCUT2D eigenvalue weighted by Crippen LogP contribution is 2.21. The smallest absolute Gasteiger partial charge is 0.407 e. The second kappa shape index (κ2) is 16.2. The molecule has 41 heavy (non-hydrogen) atoms. The lowest BCUT2D eigenvalue weighted by Crippen LogP contribution is -2.43. The molecular formula is C30H40ClN5O5. The third-order valence-corrected chi connectivity index (χ3v) is 7.59. The Labute approximate surface area is 246 Å². The summed E-state index contributed by atoms with van der Waals surface area (Å²) < 4.78 is 11.0. The summed E-state index contributed by atoms with van der Waals surface area (Å²) in [5.41, 5.74) is 1.33. The lowest BCUT2D eigenvalue weighted by atomic mass is 10.1. The van der Waals surface area contributed by atoms with Crippen LogP contribution < -0.4 is 16.0 Å². The van der Waals surface area contributed by atoms with Crippen molar-refractivity contribution in [3.8, 4) is 0 Å². The van der Waals surface area contributed by atoms with Crippen molar-refractivity contribution in [3.63, 3.8) is 0 Å². The fraction of sp³-hybridized carbons (Fsp3) is 0.533. The molecular weight excluding hydrogens is 546 g/mol. The maximum absolute atomic E-state index is 13.1. The first-order valence-electron chi connectivity index (χ1n) is 14.5. The average molecular weight is 586 g/mol. The van der Waals surface area contributed by atoms with Gasteiger partial charge in [-0.25, -0.2) is 9.78 Å². The van der Waals surface area contributed by atoms with Crippen LogP contribution in [0.15, 0.2) is 42.5 Å². The van der Waals surface area contributed by atoms with Gasteiger partial charge in [0, 0.05) is 45.2 Å². The van der Waals surface area contributed by atoms with Crippen LogP contribution in [0, 0.1) is 0 Å². The first-order valence-corrected chi connectivity index (χ1v) is 14.9. The van der Waals surface area contributed by atoms with Gasteiger partial charge in [0.15, 0.2) is 0 Å². The van der Waals surface area contributed by atoms with Crippen molar-refractivity contribution in [1.29, 1.82) is 0 Å². The van der Waals surface area contributed by atoms with Crippen LogP contribution in [0.5, 0.6) is 0 Å². The van der Waals surface area contributed by atoms with E-state index in [1.165, 1.54) is 6.42 Å². The predicted molar refractivity (Wildman–Crippen MR) is 157 cm³/mol. The number of likely N-dealkylation sites (tertiary alicyclic amines) is 1. The van der Waals surface area contributed by atoms with Crippen molar-refractivity contribution in [2.45, 2.75) is 70.1 Å². The van der Waals surface area contributed by atoms with Crippen LogP contribution in [-0.2, 0) is 20.9 Å². The minimum atomic E-state index is -0.504. The third-order valence-electron chi connectivity index (χ3n) is 7.38. The highest BCUT2D eigenvalue weighted by molar-refractivity contribution is 6.29. The monoisotopic (exact) mass is 585 g/mol. The molecule has 0 aliphatic carbocycles. The Kier molecular flexibility index (Phi) is 12.1. The van der Waals surface area contributed by atoms with Gasteiger partial charge in [0.05, 0.1) is 11.7 Å². The second-order valence-corrected chi connectivity index (χ2v) is 10.8. The number of halogens is 1. The van der Waals surface area contributed by atoms with E-state index in [9.17, 15) is 14.4 Å². The summed E-state index contributed by atoms with van der Waals surface area (Å²) in [6, 6.07) is 12.6. The minimum absolute atomic E-state index is 0.0154. The predicted octanol–water partition coefficient (Wildman–Crippen LogP) is 4.53. The highest BCUT2D eigenvalue weighted by atomic mass is 35.5. The number of ether oxygens (including phenoxy) is 2. The first kappa shape index (κ1) is 30.6. The molecule has 2 saturated heterocycles. The van der Waals surface area contributed by atoms with Gasteiger partial charge in [0.25, 0.3) is 5.91 Å². The molecule has 1 unspecified atom stereocenters. The molecule has 4 rings (SSSR count). The molecule has 3 amide bonds. The molecule has 0 bridgehead atoms. The topological polar surface area (TPSA) is 122 Å². The SMILES string of the molecule is O=C(NCCCC(=O)N1CCCC1CNC(=O)c1ccc(Cl)nc1NCC[C@H]1CCCCO1)OCc1ccccc1. The number of amides is 3. The first-order chi connectivity index (χ1) is 20.0. The summed E-state index contributed by atoms with van der Waals surface area (Å²) in [6.45, 7) is 2.99. The van der Waals surface area contributed by atoms with Gasteiger partial charge < -0.3 is 30.3 Å². The molecule has 2 aromatic rings. The number of anilines is 1. The van der Waals surface area contributed by atoms with Crippen LogP contribution in [0.4, 0.5) is 10.6 Å². The van der Waals surface area contributed by atoms with E-state index in [1.807, 2.05) is 35.2 Å². The van der Waals surface area contributed by atoms with E-state index in [2.05, 4.69) is 20.9 Å². The van der Waals surface area contributed by atoms with Crippen molar-refractivity contribution >= 4 is 35.3 Å². The molecule has 0 radical (unpaired) electrons. The number of hydrogen-bond acceptors (Lipinski definition) is 7. The molecule has 3 N–H and O–H groups in total. The summed E-state index contributed by atoms with van der Waals surface area (Å²) >= 11 is 6.11. The zero-order valence-corrected chi connectivity index (χ0v) is 24.2.